The molecule has 0 aliphatic heterocycles. The number of H-pyrrole nitrogens is 1. The molecule has 0 amide bonds. The lowest BCUT2D eigenvalue weighted by atomic mass is 10.1. The molecular weight excluding hydrogens is 322 g/mol. The minimum Gasteiger partial charge on any atom is -0.494 e. The highest BCUT2D eigenvalue weighted by molar-refractivity contribution is 5.99. The van der Waals surface area contributed by atoms with E-state index in [-0.39, 0.29) is 5.88 Å². The lowest BCUT2D eigenvalue weighted by molar-refractivity contribution is 0.457. The standard InChI is InChI=1S/C22H21N3O/c1-25(2)13-5-6-15-9-11-17-20(14-15)24-22(26)21(17)19-12-10-16-7-3-4-8-18(16)23-19/h3-12,14,24,26H,13H2,1-2H3/b6-5+. The van der Waals surface area contributed by atoms with Crippen molar-refractivity contribution in [2.75, 3.05) is 20.6 Å². The van der Waals surface area contributed by atoms with Crippen molar-refractivity contribution in [1.82, 2.24) is 14.9 Å². The van der Waals surface area contributed by atoms with Gasteiger partial charge >= 0.3 is 0 Å². The van der Waals surface area contributed by atoms with Crippen LogP contribution in [0.4, 0.5) is 0 Å². The minimum absolute atomic E-state index is 0.150. The van der Waals surface area contributed by atoms with E-state index in [0.29, 0.717) is 0 Å². The lowest BCUT2D eigenvalue weighted by Crippen LogP contribution is -2.10. The molecule has 2 N–H and O–H groups in total. The number of fused-ring (bicyclic) bond motifs is 2. The Morgan fingerprint density at radius 3 is 2.77 bits per heavy atom. The molecule has 0 bridgehead atoms. The summed E-state index contributed by atoms with van der Waals surface area (Å²) in [5.41, 5.74) is 4.43. The Balaban J connectivity index is 1.77. The first-order valence-electron chi connectivity index (χ1n) is 8.64. The zero-order chi connectivity index (χ0) is 18.1. The molecule has 4 aromatic rings. The van der Waals surface area contributed by atoms with Gasteiger partial charge in [0.1, 0.15) is 0 Å². The summed E-state index contributed by atoms with van der Waals surface area (Å²) in [4.78, 5) is 9.92. The molecule has 0 radical (unpaired) electrons. The number of rotatable bonds is 4. The molecule has 2 aromatic heterocycles. The van der Waals surface area contributed by atoms with Gasteiger partial charge in [-0.1, -0.05) is 48.6 Å². The largest absolute Gasteiger partial charge is 0.494 e. The van der Waals surface area contributed by atoms with Crippen molar-refractivity contribution in [3.63, 3.8) is 0 Å². The second-order valence-corrected chi connectivity index (χ2v) is 6.71. The van der Waals surface area contributed by atoms with Crippen molar-refractivity contribution >= 4 is 27.9 Å². The predicted molar refractivity (Wildman–Crippen MR) is 108 cm³/mol. The van der Waals surface area contributed by atoms with Crippen molar-refractivity contribution in [2.45, 2.75) is 0 Å². The van der Waals surface area contributed by atoms with Crippen molar-refractivity contribution in [3.05, 3.63) is 66.2 Å². The van der Waals surface area contributed by atoms with Gasteiger partial charge in [-0.15, -0.1) is 0 Å². The minimum atomic E-state index is 0.150. The molecule has 0 atom stereocenters. The van der Waals surface area contributed by atoms with Crippen molar-refractivity contribution in [2.24, 2.45) is 0 Å². The van der Waals surface area contributed by atoms with Gasteiger partial charge in [0, 0.05) is 22.8 Å². The maximum atomic E-state index is 10.5. The maximum Gasteiger partial charge on any atom is 0.199 e. The number of hydrogen-bond donors (Lipinski definition) is 2. The van der Waals surface area contributed by atoms with Crippen molar-refractivity contribution in [1.29, 1.82) is 0 Å². The van der Waals surface area contributed by atoms with Crippen LogP contribution in [0.1, 0.15) is 5.56 Å². The Morgan fingerprint density at radius 2 is 1.92 bits per heavy atom. The molecule has 0 spiro atoms. The fourth-order valence-corrected chi connectivity index (χ4v) is 3.17. The van der Waals surface area contributed by atoms with Crippen LogP contribution in [0, 0.1) is 0 Å². The summed E-state index contributed by atoms with van der Waals surface area (Å²) in [6, 6.07) is 18.1. The van der Waals surface area contributed by atoms with E-state index in [0.717, 1.165) is 45.2 Å². The molecular formula is C22H21N3O. The summed E-state index contributed by atoms with van der Waals surface area (Å²) in [6.45, 7) is 0.889. The number of nitrogens with zero attached hydrogens (tertiary/aromatic N) is 2. The number of likely N-dealkylation sites (N-methyl/N-ethyl adjacent to an activating group) is 1. The maximum absolute atomic E-state index is 10.5. The Labute approximate surface area is 152 Å². The second kappa shape index (κ2) is 6.65. The SMILES string of the molecule is CN(C)C/C=C/c1ccc2c(-c3ccc4ccccc4n3)c(O)[nH]c2c1. The van der Waals surface area contributed by atoms with Crippen LogP contribution in [0.5, 0.6) is 5.88 Å². The van der Waals surface area contributed by atoms with Crippen molar-refractivity contribution < 1.29 is 5.11 Å². The van der Waals surface area contributed by atoms with E-state index in [1.165, 1.54) is 0 Å². The summed E-state index contributed by atoms with van der Waals surface area (Å²) in [5.74, 6) is 0.150. The van der Waals surface area contributed by atoms with Gasteiger partial charge in [-0.25, -0.2) is 4.98 Å². The molecule has 0 saturated carbocycles. The fourth-order valence-electron chi connectivity index (χ4n) is 3.17. The molecule has 4 rings (SSSR count). The first-order valence-corrected chi connectivity index (χ1v) is 8.64. The topological polar surface area (TPSA) is 52.1 Å². The number of nitrogens with one attached hydrogen (secondary N) is 1. The van der Waals surface area contributed by atoms with Crippen LogP contribution >= 0.6 is 0 Å². The Hall–Kier alpha value is -3.11. The van der Waals surface area contributed by atoms with Crippen LogP contribution in [0.25, 0.3) is 39.1 Å². The number of pyridine rings is 1. The fraction of sp³-hybridized carbons (Fsp3) is 0.136. The van der Waals surface area contributed by atoms with E-state index >= 15 is 0 Å². The van der Waals surface area contributed by atoms with E-state index in [9.17, 15) is 5.11 Å². The highest BCUT2D eigenvalue weighted by atomic mass is 16.3. The molecule has 0 unspecified atom stereocenters. The van der Waals surface area contributed by atoms with Crippen LogP contribution in [-0.4, -0.2) is 40.6 Å². The first-order chi connectivity index (χ1) is 12.6. The zero-order valence-corrected chi connectivity index (χ0v) is 14.9. The number of para-hydroxylation sites is 1. The molecule has 0 saturated heterocycles. The van der Waals surface area contributed by atoms with Gasteiger partial charge in [-0.2, -0.15) is 0 Å². The second-order valence-electron chi connectivity index (χ2n) is 6.71. The van der Waals surface area contributed by atoms with Crippen LogP contribution in [0.15, 0.2) is 60.7 Å². The molecule has 0 fully saturated rings. The van der Waals surface area contributed by atoms with Gasteiger partial charge in [-0.3, -0.25) is 0 Å². The monoisotopic (exact) mass is 343 g/mol. The third-order valence-corrected chi connectivity index (χ3v) is 4.44. The smallest absolute Gasteiger partial charge is 0.199 e. The molecule has 4 heteroatoms. The van der Waals surface area contributed by atoms with E-state index < -0.39 is 0 Å². The van der Waals surface area contributed by atoms with Crippen LogP contribution in [-0.2, 0) is 0 Å². The van der Waals surface area contributed by atoms with Crippen LogP contribution in [0.2, 0.25) is 0 Å². The van der Waals surface area contributed by atoms with Gasteiger partial charge in [0.15, 0.2) is 5.88 Å². The molecule has 26 heavy (non-hydrogen) atoms. The molecule has 2 aromatic carbocycles. The quantitative estimate of drug-likeness (QED) is 0.566. The predicted octanol–water partition coefficient (Wildman–Crippen LogP) is 4.66. The third-order valence-electron chi connectivity index (χ3n) is 4.44. The van der Waals surface area contributed by atoms with Gasteiger partial charge in [0.05, 0.1) is 16.8 Å². The van der Waals surface area contributed by atoms with E-state index in [1.807, 2.05) is 62.6 Å². The Kier molecular flexibility index (Phi) is 4.19. The third kappa shape index (κ3) is 3.07. The first kappa shape index (κ1) is 16.4. The normalized spacial score (nSPS) is 12.0. The number of hydrogen-bond acceptors (Lipinski definition) is 3. The van der Waals surface area contributed by atoms with E-state index in [2.05, 4.69) is 28.1 Å². The van der Waals surface area contributed by atoms with Crippen molar-refractivity contribution in [3.8, 4) is 17.1 Å². The summed E-state index contributed by atoms with van der Waals surface area (Å²) in [5, 5.41) is 12.5. The summed E-state index contributed by atoms with van der Waals surface area (Å²) < 4.78 is 0. The summed E-state index contributed by atoms with van der Waals surface area (Å²) in [7, 11) is 4.08. The highest BCUT2D eigenvalue weighted by Crippen LogP contribution is 2.36. The van der Waals surface area contributed by atoms with Crippen LogP contribution in [0.3, 0.4) is 0 Å². The van der Waals surface area contributed by atoms with Crippen LogP contribution < -0.4 is 0 Å². The average Bonchev–Trinajstić information content (AvgIpc) is 2.96. The Morgan fingerprint density at radius 1 is 1.08 bits per heavy atom. The van der Waals surface area contributed by atoms with Gasteiger partial charge < -0.3 is 15.0 Å². The molecule has 2 heterocycles. The molecule has 0 aliphatic carbocycles. The van der Waals surface area contributed by atoms with Gasteiger partial charge in [-0.05, 0) is 37.9 Å². The number of aromatic hydroxyl groups is 1. The average molecular weight is 343 g/mol. The zero-order valence-electron chi connectivity index (χ0n) is 14.9. The molecule has 130 valence electrons. The highest BCUT2D eigenvalue weighted by Gasteiger charge is 2.14. The Bertz CT molecular complexity index is 1110. The molecule has 4 nitrogen and oxygen atoms in total. The molecule has 0 aliphatic rings. The lowest BCUT2D eigenvalue weighted by Gasteiger charge is -2.04. The van der Waals surface area contributed by atoms with E-state index in [1.54, 1.807) is 0 Å². The van der Waals surface area contributed by atoms with E-state index in [4.69, 9.17) is 4.98 Å². The summed E-state index contributed by atoms with van der Waals surface area (Å²) in [6.07, 6.45) is 4.21. The number of aromatic amines is 1. The number of benzene rings is 2. The number of aromatic nitrogens is 2. The van der Waals surface area contributed by atoms with Gasteiger partial charge in [0.2, 0.25) is 0 Å². The summed E-state index contributed by atoms with van der Waals surface area (Å²) >= 11 is 0. The van der Waals surface area contributed by atoms with Gasteiger partial charge in [0.25, 0.3) is 0 Å².